The van der Waals surface area contributed by atoms with Crippen LogP contribution in [0.3, 0.4) is 0 Å². The number of nitrogens with one attached hydrogen (secondary N) is 1. The standard InChI is InChI=1S/C28H31N5O/c1-3-31(4-2)28(34)33-19-17-32(18-20-33)22-15-13-21(14-16-22)29-27-23-9-5-7-11-25(23)30-26-12-8-6-10-24(26)27/h5-16H,3-4,17-20H2,1-2H3,(H,29,30). The minimum absolute atomic E-state index is 0.154. The number of anilines is 3. The molecule has 0 atom stereocenters. The Morgan fingerprint density at radius 3 is 1.94 bits per heavy atom. The number of nitrogens with zero attached hydrogens (tertiary/aromatic N) is 4. The van der Waals surface area contributed by atoms with Gasteiger partial charge in [0, 0.05) is 61.4 Å². The van der Waals surface area contributed by atoms with E-state index in [1.165, 1.54) is 5.69 Å². The van der Waals surface area contributed by atoms with Gasteiger partial charge in [0.15, 0.2) is 0 Å². The Balaban J connectivity index is 1.32. The van der Waals surface area contributed by atoms with E-state index in [1.807, 2.05) is 35.8 Å². The summed E-state index contributed by atoms with van der Waals surface area (Å²) in [6, 6.07) is 25.2. The Kier molecular flexibility index (Phi) is 6.21. The Morgan fingerprint density at radius 2 is 1.38 bits per heavy atom. The highest BCUT2D eigenvalue weighted by molar-refractivity contribution is 6.08. The van der Waals surface area contributed by atoms with Crippen LogP contribution < -0.4 is 10.2 Å². The summed E-state index contributed by atoms with van der Waals surface area (Å²) in [6.45, 7) is 8.78. The van der Waals surface area contributed by atoms with Gasteiger partial charge in [-0.05, 0) is 50.2 Å². The van der Waals surface area contributed by atoms with E-state index in [0.29, 0.717) is 0 Å². The van der Waals surface area contributed by atoms with Crippen LogP contribution in [0.25, 0.3) is 21.8 Å². The number of hydrogen-bond acceptors (Lipinski definition) is 4. The lowest BCUT2D eigenvalue weighted by molar-refractivity contribution is 0.154. The fourth-order valence-electron chi connectivity index (χ4n) is 4.72. The number of benzene rings is 3. The number of rotatable bonds is 5. The van der Waals surface area contributed by atoms with E-state index >= 15 is 0 Å². The normalized spacial score (nSPS) is 13.9. The van der Waals surface area contributed by atoms with E-state index in [9.17, 15) is 4.79 Å². The maximum Gasteiger partial charge on any atom is 0.320 e. The van der Waals surface area contributed by atoms with Gasteiger partial charge in [-0.25, -0.2) is 9.78 Å². The van der Waals surface area contributed by atoms with Gasteiger partial charge in [0.2, 0.25) is 0 Å². The maximum atomic E-state index is 12.6. The molecule has 0 bridgehead atoms. The van der Waals surface area contributed by atoms with Crippen molar-refractivity contribution in [2.75, 3.05) is 49.5 Å². The van der Waals surface area contributed by atoms with E-state index in [4.69, 9.17) is 4.98 Å². The van der Waals surface area contributed by atoms with Gasteiger partial charge in [-0.3, -0.25) is 0 Å². The molecule has 5 rings (SSSR count). The molecular weight excluding hydrogens is 422 g/mol. The largest absolute Gasteiger partial charge is 0.368 e. The van der Waals surface area contributed by atoms with Gasteiger partial charge in [0.05, 0.1) is 16.7 Å². The number of carbonyl (C=O) groups is 1. The maximum absolute atomic E-state index is 12.6. The average molecular weight is 454 g/mol. The van der Waals surface area contributed by atoms with Gasteiger partial charge in [0.25, 0.3) is 0 Å². The molecule has 0 aliphatic carbocycles. The minimum atomic E-state index is 0.154. The second-order valence-electron chi connectivity index (χ2n) is 8.62. The molecule has 3 aromatic carbocycles. The third-order valence-corrected chi connectivity index (χ3v) is 6.67. The molecule has 6 nitrogen and oxygen atoms in total. The molecular formula is C28H31N5O. The van der Waals surface area contributed by atoms with Gasteiger partial charge in [0.1, 0.15) is 0 Å². The van der Waals surface area contributed by atoms with Crippen molar-refractivity contribution in [3.8, 4) is 0 Å². The van der Waals surface area contributed by atoms with Crippen LogP contribution in [-0.4, -0.2) is 60.1 Å². The molecule has 2 amide bonds. The average Bonchev–Trinajstić information content (AvgIpc) is 2.90. The number of hydrogen-bond donors (Lipinski definition) is 1. The third kappa shape index (κ3) is 4.23. The summed E-state index contributed by atoms with van der Waals surface area (Å²) in [5, 5.41) is 5.87. The molecule has 174 valence electrons. The summed E-state index contributed by atoms with van der Waals surface area (Å²) in [5.74, 6) is 0. The first-order valence-corrected chi connectivity index (χ1v) is 12.1. The highest BCUT2D eigenvalue weighted by Gasteiger charge is 2.24. The summed E-state index contributed by atoms with van der Waals surface area (Å²) >= 11 is 0. The number of fused-ring (bicyclic) bond motifs is 2. The second kappa shape index (κ2) is 9.59. The monoisotopic (exact) mass is 453 g/mol. The van der Waals surface area contributed by atoms with Crippen LogP contribution in [0.1, 0.15) is 13.8 Å². The fraction of sp³-hybridized carbons (Fsp3) is 0.286. The van der Waals surface area contributed by atoms with Crippen molar-refractivity contribution in [3.05, 3.63) is 72.8 Å². The van der Waals surface area contributed by atoms with Crippen molar-refractivity contribution in [2.45, 2.75) is 13.8 Å². The van der Waals surface area contributed by atoms with Crippen molar-refractivity contribution >= 4 is 44.9 Å². The zero-order valence-electron chi connectivity index (χ0n) is 19.9. The SMILES string of the molecule is CCN(CC)C(=O)N1CCN(c2ccc(Nc3c4ccccc4nc4ccccc34)cc2)CC1. The van der Waals surface area contributed by atoms with Crippen molar-refractivity contribution < 1.29 is 4.79 Å². The van der Waals surface area contributed by atoms with E-state index in [1.54, 1.807) is 0 Å². The Morgan fingerprint density at radius 1 is 0.824 bits per heavy atom. The van der Waals surface area contributed by atoms with Crippen molar-refractivity contribution in [1.82, 2.24) is 14.8 Å². The van der Waals surface area contributed by atoms with Gasteiger partial charge in [-0.15, -0.1) is 0 Å². The van der Waals surface area contributed by atoms with Crippen molar-refractivity contribution in [1.29, 1.82) is 0 Å². The summed E-state index contributed by atoms with van der Waals surface area (Å²) in [7, 11) is 0. The Bertz CT molecular complexity index is 1240. The summed E-state index contributed by atoms with van der Waals surface area (Å²) < 4.78 is 0. The van der Waals surface area contributed by atoms with Crippen molar-refractivity contribution in [2.24, 2.45) is 0 Å². The van der Waals surface area contributed by atoms with Crippen LogP contribution in [0.4, 0.5) is 21.9 Å². The fourth-order valence-corrected chi connectivity index (χ4v) is 4.72. The molecule has 1 fully saturated rings. The van der Waals surface area contributed by atoms with Crippen LogP contribution in [0.2, 0.25) is 0 Å². The van der Waals surface area contributed by atoms with Crippen LogP contribution in [-0.2, 0) is 0 Å². The molecule has 6 heteroatoms. The molecule has 1 aliphatic heterocycles. The number of aromatic nitrogens is 1. The first-order valence-electron chi connectivity index (χ1n) is 12.1. The molecule has 0 spiro atoms. The zero-order valence-corrected chi connectivity index (χ0v) is 19.9. The number of amides is 2. The number of piperazine rings is 1. The first kappa shape index (κ1) is 22.0. The molecule has 34 heavy (non-hydrogen) atoms. The quantitative estimate of drug-likeness (QED) is 0.393. The summed E-state index contributed by atoms with van der Waals surface area (Å²) in [6.07, 6.45) is 0. The molecule has 0 unspecified atom stereocenters. The molecule has 1 aromatic heterocycles. The van der Waals surface area contributed by atoms with Crippen LogP contribution in [0, 0.1) is 0 Å². The summed E-state index contributed by atoms with van der Waals surface area (Å²) in [5.41, 5.74) is 5.28. The van der Waals surface area contributed by atoms with Crippen LogP contribution in [0.15, 0.2) is 72.8 Å². The lowest BCUT2D eigenvalue weighted by Gasteiger charge is -2.38. The third-order valence-electron chi connectivity index (χ3n) is 6.67. The van der Waals surface area contributed by atoms with Crippen LogP contribution >= 0.6 is 0 Å². The lowest BCUT2D eigenvalue weighted by Crippen LogP contribution is -2.52. The number of para-hydroxylation sites is 2. The van der Waals surface area contributed by atoms with Crippen molar-refractivity contribution in [3.63, 3.8) is 0 Å². The van der Waals surface area contributed by atoms with Crippen LogP contribution in [0.5, 0.6) is 0 Å². The Hall–Kier alpha value is -3.80. The second-order valence-corrected chi connectivity index (χ2v) is 8.62. The minimum Gasteiger partial charge on any atom is -0.368 e. The number of carbonyl (C=O) groups excluding carboxylic acids is 1. The van der Waals surface area contributed by atoms with E-state index in [-0.39, 0.29) is 6.03 Å². The number of urea groups is 1. The molecule has 1 aliphatic rings. The highest BCUT2D eigenvalue weighted by atomic mass is 16.2. The van der Waals surface area contributed by atoms with Gasteiger partial charge in [-0.1, -0.05) is 36.4 Å². The van der Waals surface area contributed by atoms with Gasteiger partial charge in [-0.2, -0.15) is 0 Å². The predicted octanol–water partition coefficient (Wildman–Crippen LogP) is 5.72. The van der Waals surface area contributed by atoms with E-state index < -0.39 is 0 Å². The topological polar surface area (TPSA) is 51.7 Å². The molecule has 1 saturated heterocycles. The zero-order chi connectivity index (χ0) is 23.5. The molecule has 0 radical (unpaired) electrons. The number of pyridine rings is 1. The van der Waals surface area contributed by atoms with Gasteiger partial charge < -0.3 is 20.0 Å². The summed E-state index contributed by atoms with van der Waals surface area (Å²) in [4.78, 5) is 23.7. The smallest absolute Gasteiger partial charge is 0.320 e. The first-order chi connectivity index (χ1) is 16.7. The lowest BCUT2D eigenvalue weighted by atomic mass is 10.1. The molecule has 4 aromatic rings. The van der Waals surface area contributed by atoms with E-state index in [0.717, 1.165) is 72.4 Å². The van der Waals surface area contributed by atoms with E-state index in [2.05, 4.69) is 70.9 Å². The highest BCUT2D eigenvalue weighted by Crippen LogP contribution is 2.33. The molecule has 1 N–H and O–H groups in total. The molecule has 2 heterocycles. The molecule has 0 saturated carbocycles. The predicted molar refractivity (Wildman–Crippen MR) is 141 cm³/mol. The van der Waals surface area contributed by atoms with Gasteiger partial charge >= 0.3 is 6.03 Å². The Labute approximate surface area is 200 Å².